The first-order chi connectivity index (χ1) is 30.7. The number of rotatable bonds is 45. The molecule has 0 bridgehead atoms. The van der Waals surface area contributed by atoms with E-state index in [1.165, 1.54) is 148 Å². The molecule has 1 amide bonds. The lowest BCUT2D eigenvalue weighted by molar-refractivity contribution is -0.303. The highest BCUT2D eigenvalue weighted by Gasteiger charge is 2.44. The second kappa shape index (κ2) is 42.2. The van der Waals surface area contributed by atoms with Gasteiger partial charge in [-0.05, 0) is 38.5 Å². The SMILES string of the molecule is CCCCCC/C=C\CCCCCCCCC(O)C(=O)NC(COC1OC(CO)C(O)C(O)C1O)C(O)C(O)CCCCCCCCCCCCCCCCCCCCCCCC. The number of hydrogen-bond acceptors (Lipinski definition) is 10. The lowest BCUT2D eigenvalue weighted by Gasteiger charge is -2.40. The molecule has 0 radical (unpaired) electrons. The van der Waals surface area contributed by atoms with E-state index in [1.807, 2.05) is 0 Å². The third kappa shape index (κ3) is 31.5. The molecule has 1 aliphatic heterocycles. The largest absolute Gasteiger partial charge is 0.394 e. The molecular weight excluding hydrogens is 799 g/mol. The van der Waals surface area contributed by atoms with Crippen LogP contribution < -0.4 is 5.32 Å². The molecule has 0 aromatic rings. The molecule has 9 atom stereocenters. The Morgan fingerprint density at radius 2 is 0.921 bits per heavy atom. The molecule has 8 N–H and O–H groups in total. The number of ether oxygens (including phenoxy) is 2. The fraction of sp³-hybridized carbons (Fsp3) is 0.942. The van der Waals surface area contributed by atoms with Crippen molar-refractivity contribution in [2.45, 2.75) is 300 Å². The number of allylic oxidation sites excluding steroid dienone is 2. The van der Waals surface area contributed by atoms with Gasteiger partial charge in [-0.2, -0.15) is 0 Å². The standard InChI is InChI=1S/C52H101NO10/c1-3-5-7-9-11-13-15-17-19-20-21-22-23-24-25-26-28-29-31-33-35-37-39-44(55)47(57)43(42-62-52-50(60)49(59)48(58)46(41-54)63-52)53-51(61)45(56)40-38-36-34-32-30-27-18-16-14-12-10-8-6-4-2/h14,16,43-50,52,54-60H,3-13,15,17-42H2,1-2H3,(H,53,61)/b16-14-. The summed E-state index contributed by atoms with van der Waals surface area (Å²) in [7, 11) is 0. The second-order valence-corrected chi connectivity index (χ2v) is 19.0. The van der Waals surface area contributed by atoms with Crippen molar-refractivity contribution >= 4 is 5.91 Å². The second-order valence-electron chi connectivity index (χ2n) is 19.0. The van der Waals surface area contributed by atoms with Gasteiger partial charge in [0.25, 0.3) is 0 Å². The van der Waals surface area contributed by atoms with E-state index in [0.717, 1.165) is 57.8 Å². The van der Waals surface area contributed by atoms with Crippen molar-refractivity contribution in [3.8, 4) is 0 Å². The van der Waals surface area contributed by atoms with E-state index in [1.54, 1.807) is 0 Å². The smallest absolute Gasteiger partial charge is 0.249 e. The summed E-state index contributed by atoms with van der Waals surface area (Å²) >= 11 is 0. The van der Waals surface area contributed by atoms with Crippen LogP contribution in [-0.4, -0.2) is 110 Å². The van der Waals surface area contributed by atoms with Gasteiger partial charge in [0.15, 0.2) is 6.29 Å². The minimum atomic E-state index is -1.66. The first kappa shape index (κ1) is 59.9. The quantitative estimate of drug-likeness (QED) is 0.0216. The molecule has 1 heterocycles. The molecule has 0 aromatic carbocycles. The molecule has 1 saturated heterocycles. The number of unbranched alkanes of at least 4 members (excludes halogenated alkanes) is 31. The number of nitrogens with one attached hydrogen (secondary N) is 1. The molecule has 63 heavy (non-hydrogen) atoms. The highest BCUT2D eigenvalue weighted by molar-refractivity contribution is 5.80. The molecule has 1 aliphatic rings. The maximum atomic E-state index is 13.1. The van der Waals surface area contributed by atoms with Gasteiger partial charge in [-0.25, -0.2) is 0 Å². The minimum Gasteiger partial charge on any atom is -0.394 e. The van der Waals surface area contributed by atoms with Crippen LogP contribution in [0.3, 0.4) is 0 Å². The molecule has 9 unspecified atom stereocenters. The van der Waals surface area contributed by atoms with Gasteiger partial charge in [0.05, 0.1) is 25.4 Å². The third-order valence-electron chi connectivity index (χ3n) is 13.1. The molecule has 1 rings (SSSR count). The van der Waals surface area contributed by atoms with Crippen molar-refractivity contribution in [3.63, 3.8) is 0 Å². The van der Waals surface area contributed by atoms with Crippen molar-refractivity contribution in [1.82, 2.24) is 5.32 Å². The van der Waals surface area contributed by atoms with Crippen LogP contribution in [0.1, 0.15) is 245 Å². The first-order valence-electron chi connectivity index (χ1n) is 26.6. The Bertz CT molecular complexity index is 1030. The Hall–Kier alpha value is -1.15. The van der Waals surface area contributed by atoms with Gasteiger partial charge in [0, 0.05) is 0 Å². The Morgan fingerprint density at radius 3 is 1.35 bits per heavy atom. The topological polar surface area (TPSA) is 189 Å². The summed E-state index contributed by atoms with van der Waals surface area (Å²) in [6, 6.07) is -1.17. The van der Waals surface area contributed by atoms with Crippen LogP contribution in [0.25, 0.3) is 0 Å². The molecule has 0 aromatic heterocycles. The summed E-state index contributed by atoms with van der Waals surface area (Å²) in [5.41, 5.74) is 0. The van der Waals surface area contributed by atoms with Gasteiger partial charge >= 0.3 is 0 Å². The molecule has 0 aliphatic carbocycles. The summed E-state index contributed by atoms with van der Waals surface area (Å²) in [5.74, 6) is -0.700. The summed E-state index contributed by atoms with van der Waals surface area (Å²) in [4.78, 5) is 13.1. The Labute approximate surface area is 385 Å². The average molecular weight is 900 g/mol. The zero-order valence-electron chi connectivity index (χ0n) is 40.6. The van der Waals surface area contributed by atoms with Crippen LogP contribution in [0.4, 0.5) is 0 Å². The Kier molecular flexibility index (Phi) is 40.1. The first-order valence-corrected chi connectivity index (χ1v) is 26.6. The summed E-state index contributed by atoms with van der Waals surface area (Å²) in [5, 5.41) is 75.9. The minimum absolute atomic E-state index is 0.255. The number of carbonyl (C=O) groups excluding carboxylic acids is 1. The highest BCUT2D eigenvalue weighted by Crippen LogP contribution is 2.23. The Balaban J connectivity index is 2.35. The number of hydrogen-bond donors (Lipinski definition) is 8. The van der Waals surface area contributed by atoms with Crippen LogP contribution >= 0.6 is 0 Å². The van der Waals surface area contributed by atoms with E-state index in [2.05, 4.69) is 31.3 Å². The zero-order chi connectivity index (χ0) is 46.2. The van der Waals surface area contributed by atoms with Gasteiger partial charge < -0.3 is 50.5 Å². The number of carbonyl (C=O) groups is 1. The summed E-state index contributed by atoms with van der Waals surface area (Å²) in [6.07, 6.45) is 35.4. The van der Waals surface area contributed by atoms with Crippen LogP contribution in [0, 0.1) is 0 Å². The lowest BCUT2D eigenvalue weighted by atomic mass is 9.98. The summed E-state index contributed by atoms with van der Waals surface area (Å²) < 4.78 is 11.1. The van der Waals surface area contributed by atoms with Crippen molar-refractivity contribution < 1.29 is 50.0 Å². The fourth-order valence-electron chi connectivity index (χ4n) is 8.67. The monoisotopic (exact) mass is 900 g/mol. The van der Waals surface area contributed by atoms with Crippen molar-refractivity contribution in [3.05, 3.63) is 12.2 Å². The van der Waals surface area contributed by atoms with Crippen molar-refractivity contribution in [1.29, 1.82) is 0 Å². The van der Waals surface area contributed by atoms with Gasteiger partial charge in [-0.15, -0.1) is 0 Å². The predicted octanol–water partition coefficient (Wildman–Crippen LogP) is 10.0. The Morgan fingerprint density at radius 1 is 0.540 bits per heavy atom. The predicted molar refractivity (Wildman–Crippen MR) is 256 cm³/mol. The third-order valence-corrected chi connectivity index (χ3v) is 13.1. The summed E-state index contributed by atoms with van der Waals surface area (Å²) in [6.45, 7) is 3.45. The van der Waals surface area contributed by atoms with E-state index in [-0.39, 0.29) is 6.42 Å². The molecule has 1 fully saturated rings. The highest BCUT2D eigenvalue weighted by atomic mass is 16.7. The molecule has 374 valence electrons. The molecular formula is C52H101NO10. The van der Waals surface area contributed by atoms with Crippen LogP contribution in [-0.2, 0) is 14.3 Å². The van der Waals surface area contributed by atoms with Crippen LogP contribution in [0.5, 0.6) is 0 Å². The zero-order valence-corrected chi connectivity index (χ0v) is 40.6. The van der Waals surface area contributed by atoms with E-state index < -0.39 is 74.2 Å². The molecule has 0 saturated carbocycles. The maximum absolute atomic E-state index is 13.1. The van der Waals surface area contributed by atoms with Crippen molar-refractivity contribution in [2.75, 3.05) is 13.2 Å². The number of aliphatic hydroxyl groups is 7. The van der Waals surface area contributed by atoms with E-state index in [4.69, 9.17) is 9.47 Å². The molecule has 0 spiro atoms. The van der Waals surface area contributed by atoms with Gasteiger partial charge in [-0.3, -0.25) is 4.79 Å². The normalized spacial score (nSPS) is 21.2. The average Bonchev–Trinajstić information content (AvgIpc) is 3.28. The van der Waals surface area contributed by atoms with Gasteiger partial charge in [-0.1, -0.05) is 219 Å². The van der Waals surface area contributed by atoms with Gasteiger partial charge in [0.1, 0.15) is 36.6 Å². The molecule has 11 nitrogen and oxygen atoms in total. The fourth-order valence-corrected chi connectivity index (χ4v) is 8.67. The lowest BCUT2D eigenvalue weighted by Crippen LogP contribution is -2.60. The van der Waals surface area contributed by atoms with E-state index >= 15 is 0 Å². The van der Waals surface area contributed by atoms with Crippen LogP contribution in [0.2, 0.25) is 0 Å². The van der Waals surface area contributed by atoms with E-state index in [0.29, 0.717) is 19.3 Å². The molecule has 11 heteroatoms. The van der Waals surface area contributed by atoms with Gasteiger partial charge in [0.2, 0.25) is 5.91 Å². The van der Waals surface area contributed by atoms with Crippen molar-refractivity contribution in [2.24, 2.45) is 0 Å². The maximum Gasteiger partial charge on any atom is 0.249 e. The van der Waals surface area contributed by atoms with E-state index in [9.17, 15) is 40.5 Å². The number of aliphatic hydroxyl groups excluding tert-OH is 7. The number of amides is 1. The van der Waals surface area contributed by atoms with Crippen LogP contribution in [0.15, 0.2) is 12.2 Å².